The van der Waals surface area contributed by atoms with Gasteiger partial charge in [0.1, 0.15) is 0 Å². The molecule has 0 amide bonds. The molecule has 0 rings (SSSR count). The van der Waals surface area contributed by atoms with E-state index in [1.165, 1.54) is 45.4 Å². The van der Waals surface area contributed by atoms with Gasteiger partial charge in [-0.15, -0.1) is 0 Å². The van der Waals surface area contributed by atoms with Gasteiger partial charge in [0.2, 0.25) is 0 Å². The molecule has 0 heterocycles. The molecule has 0 spiro atoms. The normalized spacial score (nSPS) is 12.0. The van der Waals surface area contributed by atoms with Gasteiger partial charge in [0, 0.05) is 0 Å². The van der Waals surface area contributed by atoms with Gasteiger partial charge < -0.3 is 15.1 Å². The first-order valence-corrected chi connectivity index (χ1v) is 7.06. The molecule has 0 atom stereocenters. The van der Waals surface area contributed by atoms with Gasteiger partial charge in [-0.3, -0.25) is 0 Å². The molecule has 0 unspecified atom stereocenters. The summed E-state index contributed by atoms with van der Waals surface area (Å²) in [4.78, 5) is 4.70. The zero-order chi connectivity index (χ0) is 13.1. The third kappa shape index (κ3) is 13.8. The minimum absolute atomic E-state index is 0.767. The molecule has 104 valence electrons. The van der Waals surface area contributed by atoms with Crippen molar-refractivity contribution in [2.45, 2.75) is 33.1 Å². The summed E-state index contributed by atoms with van der Waals surface area (Å²) in [5.41, 5.74) is 0. The Bertz CT molecular complexity index is 158. The lowest BCUT2D eigenvalue weighted by atomic mass is 10.2. The van der Waals surface area contributed by atoms with Gasteiger partial charge in [-0.2, -0.15) is 0 Å². The molecule has 0 aromatic heterocycles. The Labute approximate surface area is 109 Å². The van der Waals surface area contributed by atoms with Crippen LogP contribution < -0.4 is 5.32 Å². The molecule has 0 aliphatic heterocycles. The van der Waals surface area contributed by atoms with Crippen LogP contribution in [0.3, 0.4) is 0 Å². The van der Waals surface area contributed by atoms with Gasteiger partial charge in [-0.1, -0.05) is 13.8 Å². The lowest BCUT2D eigenvalue weighted by molar-refractivity contribution is 0.294. The van der Waals surface area contributed by atoms with E-state index in [4.69, 9.17) is 0 Å². The standard InChI is InChI=1S/C14H33N3/c1-14(2)13-15-9-6-7-11-17(5)12-8-10-16(3)4/h14-15H,6-13H2,1-5H3. The number of nitrogens with one attached hydrogen (secondary N) is 1. The van der Waals surface area contributed by atoms with Crippen LogP contribution in [-0.4, -0.2) is 63.7 Å². The highest BCUT2D eigenvalue weighted by molar-refractivity contribution is 4.56. The summed E-state index contributed by atoms with van der Waals surface area (Å²) in [7, 11) is 6.51. The first kappa shape index (κ1) is 16.9. The van der Waals surface area contributed by atoms with Gasteiger partial charge in [0.15, 0.2) is 0 Å². The van der Waals surface area contributed by atoms with Crippen molar-refractivity contribution in [3.8, 4) is 0 Å². The van der Waals surface area contributed by atoms with Crippen LogP contribution in [0.4, 0.5) is 0 Å². The summed E-state index contributed by atoms with van der Waals surface area (Å²) >= 11 is 0. The second-order valence-corrected chi connectivity index (χ2v) is 5.77. The Kier molecular flexibility index (Phi) is 10.9. The lowest BCUT2D eigenvalue weighted by Crippen LogP contribution is -2.26. The van der Waals surface area contributed by atoms with Crippen molar-refractivity contribution in [1.82, 2.24) is 15.1 Å². The Morgan fingerprint density at radius 1 is 0.882 bits per heavy atom. The van der Waals surface area contributed by atoms with E-state index < -0.39 is 0 Å². The fourth-order valence-corrected chi connectivity index (χ4v) is 1.79. The highest BCUT2D eigenvalue weighted by Crippen LogP contribution is 1.95. The summed E-state index contributed by atoms with van der Waals surface area (Å²) in [6.07, 6.45) is 3.88. The number of unbranched alkanes of at least 4 members (excludes halogenated alkanes) is 1. The Hall–Kier alpha value is -0.120. The van der Waals surface area contributed by atoms with E-state index >= 15 is 0 Å². The van der Waals surface area contributed by atoms with Gasteiger partial charge in [0.25, 0.3) is 0 Å². The van der Waals surface area contributed by atoms with Crippen molar-refractivity contribution in [2.75, 3.05) is 53.9 Å². The summed E-state index contributed by atoms with van der Waals surface area (Å²) in [6.45, 7) is 10.5. The Morgan fingerprint density at radius 3 is 2.12 bits per heavy atom. The van der Waals surface area contributed by atoms with E-state index in [-0.39, 0.29) is 0 Å². The third-order valence-corrected chi connectivity index (χ3v) is 2.84. The van der Waals surface area contributed by atoms with Crippen LogP contribution >= 0.6 is 0 Å². The SMILES string of the molecule is CC(C)CNCCCCN(C)CCCN(C)C. The highest BCUT2D eigenvalue weighted by atomic mass is 15.1. The maximum Gasteiger partial charge on any atom is -0.000960 e. The van der Waals surface area contributed by atoms with E-state index in [0.717, 1.165) is 12.5 Å². The zero-order valence-electron chi connectivity index (χ0n) is 12.6. The van der Waals surface area contributed by atoms with Gasteiger partial charge in [0.05, 0.1) is 0 Å². The van der Waals surface area contributed by atoms with Crippen LogP contribution in [0.15, 0.2) is 0 Å². The second kappa shape index (κ2) is 11.0. The largest absolute Gasteiger partial charge is 0.316 e. The number of hydrogen-bond donors (Lipinski definition) is 1. The van der Waals surface area contributed by atoms with Crippen LogP contribution in [0.2, 0.25) is 0 Å². The van der Waals surface area contributed by atoms with E-state index in [1.54, 1.807) is 0 Å². The molecule has 3 heteroatoms. The Morgan fingerprint density at radius 2 is 1.53 bits per heavy atom. The monoisotopic (exact) mass is 243 g/mol. The average Bonchev–Trinajstić information content (AvgIpc) is 2.22. The summed E-state index contributed by atoms with van der Waals surface area (Å²) in [6, 6.07) is 0. The summed E-state index contributed by atoms with van der Waals surface area (Å²) < 4.78 is 0. The van der Waals surface area contributed by atoms with E-state index in [1.807, 2.05) is 0 Å². The number of hydrogen-bond acceptors (Lipinski definition) is 3. The summed E-state index contributed by atoms with van der Waals surface area (Å²) in [5, 5.41) is 3.49. The fourth-order valence-electron chi connectivity index (χ4n) is 1.79. The minimum atomic E-state index is 0.767. The van der Waals surface area contributed by atoms with Crippen LogP contribution in [0.1, 0.15) is 33.1 Å². The second-order valence-electron chi connectivity index (χ2n) is 5.77. The lowest BCUT2D eigenvalue weighted by Gasteiger charge is -2.18. The first-order chi connectivity index (χ1) is 8.02. The van der Waals surface area contributed by atoms with Crippen molar-refractivity contribution in [2.24, 2.45) is 5.92 Å². The van der Waals surface area contributed by atoms with Crippen molar-refractivity contribution in [3.63, 3.8) is 0 Å². The Balaban J connectivity index is 3.19. The highest BCUT2D eigenvalue weighted by Gasteiger charge is 1.99. The molecule has 0 aliphatic rings. The third-order valence-electron chi connectivity index (χ3n) is 2.84. The molecular weight excluding hydrogens is 210 g/mol. The molecule has 0 aromatic carbocycles. The molecular formula is C14H33N3. The fraction of sp³-hybridized carbons (Fsp3) is 1.00. The van der Waals surface area contributed by atoms with Crippen LogP contribution in [-0.2, 0) is 0 Å². The maximum absolute atomic E-state index is 3.49. The first-order valence-electron chi connectivity index (χ1n) is 7.06. The van der Waals surface area contributed by atoms with E-state index in [9.17, 15) is 0 Å². The van der Waals surface area contributed by atoms with Gasteiger partial charge in [-0.05, 0) is 79.0 Å². The predicted molar refractivity (Wildman–Crippen MR) is 77.6 cm³/mol. The van der Waals surface area contributed by atoms with Crippen molar-refractivity contribution < 1.29 is 0 Å². The van der Waals surface area contributed by atoms with E-state index in [0.29, 0.717) is 0 Å². The number of nitrogens with zero attached hydrogens (tertiary/aromatic N) is 2. The molecule has 0 aliphatic carbocycles. The average molecular weight is 243 g/mol. The molecule has 0 radical (unpaired) electrons. The quantitative estimate of drug-likeness (QED) is 0.559. The molecule has 0 bridgehead atoms. The molecule has 0 saturated heterocycles. The molecule has 3 nitrogen and oxygen atoms in total. The van der Waals surface area contributed by atoms with Crippen LogP contribution in [0, 0.1) is 5.92 Å². The number of rotatable bonds is 11. The molecule has 1 N–H and O–H groups in total. The molecule has 0 saturated carbocycles. The van der Waals surface area contributed by atoms with Crippen LogP contribution in [0.5, 0.6) is 0 Å². The van der Waals surface area contributed by atoms with Crippen molar-refractivity contribution >= 4 is 0 Å². The smallest absolute Gasteiger partial charge is 0.000960 e. The minimum Gasteiger partial charge on any atom is -0.316 e. The summed E-state index contributed by atoms with van der Waals surface area (Å²) in [5.74, 6) is 0.767. The molecule has 17 heavy (non-hydrogen) atoms. The van der Waals surface area contributed by atoms with Gasteiger partial charge >= 0.3 is 0 Å². The van der Waals surface area contributed by atoms with Crippen LogP contribution in [0.25, 0.3) is 0 Å². The topological polar surface area (TPSA) is 18.5 Å². The maximum atomic E-state index is 3.49. The predicted octanol–water partition coefficient (Wildman–Crippen LogP) is 1.90. The zero-order valence-corrected chi connectivity index (χ0v) is 12.6. The molecule has 0 fully saturated rings. The molecule has 0 aromatic rings. The van der Waals surface area contributed by atoms with Gasteiger partial charge in [-0.25, -0.2) is 0 Å². The van der Waals surface area contributed by atoms with Crippen molar-refractivity contribution in [1.29, 1.82) is 0 Å². The van der Waals surface area contributed by atoms with E-state index in [2.05, 4.69) is 50.1 Å². The van der Waals surface area contributed by atoms with Crippen molar-refractivity contribution in [3.05, 3.63) is 0 Å².